The molecule has 0 amide bonds. The van der Waals surface area contributed by atoms with Gasteiger partial charge in [-0.25, -0.2) is 0 Å². The van der Waals surface area contributed by atoms with E-state index in [1.807, 2.05) is 0 Å². The Hall–Kier alpha value is -1.69. The fraction of sp³-hybridized carbons (Fsp3) is 0.333. The van der Waals surface area contributed by atoms with Gasteiger partial charge in [0.15, 0.2) is 0 Å². The summed E-state index contributed by atoms with van der Waals surface area (Å²) >= 11 is 0. The normalized spacial score (nSPS) is 12.2. The number of nitrogens with zero attached hydrogens (tertiary/aromatic N) is 1. The summed E-state index contributed by atoms with van der Waals surface area (Å²) in [6, 6.07) is 3.38. The molecule has 1 aromatic carbocycles. The van der Waals surface area contributed by atoms with Crippen LogP contribution in [-0.4, -0.2) is 17.6 Å². The zero-order valence-corrected chi connectivity index (χ0v) is 8.14. The number of benzene rings is 1. The van der Waals surface area contributed by atoms with Gasteiger partial charge in [-0.05, 0) is 13.0 Å². The van der Waals surface area contributed by atoms with E-state index in [0.717, 1.165) is 12.1 Å². The molecule has 0 radical (unpaired) electrons. The van der Waals surface area contributed by atoms with Gasteiger partial charge < -0.3 is 10.5 Å². The third kappa shape index (κ3) is 2.88. The lowest BCUT2D eigenvalue weighted by Crippen LogP contribution is -2.22. The minimum atomic E-state index is -0.915. The van der Waals surface area contributed by atoms with Gasteiger partial charge in [0.05, 0.1) is 4.92 Å². The first-order chi connectivity index (χ1) is 7.04. The van der Waals surface area contributed by atoms with Crippen molar-refractivity contribution in [3.8, 4) is 5.75 Å². The van der Waals surface area contributed by atoms with E-state index in [1.165, 1.54) is 6.07 Å². The lowest BCUT2D eigenvalue weighted by atomic mass is 10.3. The molecule has 0 aliphatic carbocycles. The van der Waals surface area contributed by atoms with Crippen molar-refractivity contribution in [2.24, 2.45) is 5.73 Å². The van der Waals surface area contributed by atoms with E-state index in [2.05, 4.69) is 0 Å². The Morgan fingerprint density at radius 3 is 2.80 bits per heavy atom. The van der Waals surface area contributed by atoms with Crippen molar-refractivity contribution in [1.29, 1.82) is 0 Å². The van der Waals surface area contributed by atoms with Crippen LogP contribution in [0.5, 0.6) is 5.75 Å². The lowest BCUT2D eigenvalue weighted by molar-refractivity contribution is -0.387. The zero-order valence-electron chi connectivity index (χ0n) is 8.14. The van der Waals surface area contributed by atoms with Crippen LogP contribution < -0.4 is 10.5 Å². The topological polar surface area (TPSA) is 78.4 Å². The smallest absolute Gasteiger partial charge is 0.305 e. The van der Waals surface area contributed by atoms with Crippen molar-refractivity contribution < 1.29 is 14.1 Å². The van der Waals surface area contributed by atoms with E-state index in [0.29, 0.717) is 6.54 Å². The molecule has 1 aromatic rings. The Labute approximate surface area is 85.8 Å². The van der Waals surface area contributed by atoms with Gasteiger partial charge in [-0.2, -0.15) is 4.39 Å². The maximum Gasteiger partial charge on any atom is 0.305 e. The number of hydrogen-bond acceptors (Lipinski definition) is 4. The number of nitrogens with two attached hydrogens (primary N) is 1. The summed E-state index contributed by atoms with van der Waals surface area (Å²) in [4.78, 5) is 9.53. The highest BCUT2D eigenvalue weighted by molar-refractivity contribution is 5.38. The number of nitro benzene ring substituents is 1. The van der Waals surface area contributed by atoms with E-state index >= 15 is 0 Å². The summed E-state index contributed by atoms with van der Waals surface area (Å²) in [5, 5.41) is 10.3. The first-order valence-electron chi connectivity index (χ1n) is 4.35. The Balaban J connectivity index is 2.87. The van der Waals surface area contributed by atoms with Crippen LogP contribution in [0.1, 0.15) is 6.92 Å². The third-order valence-electron chi connectivity index (χ3n) is 1.79. The van der Waals surface area contributed by atoms with E-state index < -0.39 is 16.4 Å². The van der Waals surface area contributed by atoms with Crippen LogP contribution in [0.15, 0.2) is 18.2 Å². The summed E-state index contributed by atoms with van der Waals surface area (Å²) in [6.07, 6.45) is -0.258. The highest BCUT2D eigenvalue weighted by atomic mass is 19.1. The molecule has 0 aromatic heterocycles. The molecule has 0 saturated carbocycles. The van der Waals surface area contributed by atoms with Gasteiger partial charge in [0.25, 0.3) is 0 Å². The van der Waals surface area contributed by atoms with Gasteiger partial charge >= 0.3 is 5.69 Å². The molecule has 0 saturated heterocycles. The maximum absolute atomic E-state index is 13.1. The first-order valence-corrected chi connectivity index (χ1v) is 4.35. The van der Waals surface area contributed by atoms with Crippen molar-refractivity contribution in [1.82, 2.24) is 0 Å². The highest BCUT2D eigenvalue weighted by Crippen LogP contribution is 2.22. The molecule has 0 aliphatic heterocycles. The van der Waals surface area contributed by atoms with E-state index in [9.17, 15) is 14.5 Å². The highest BCUT2D eigenvalue weighted by Gasteiger charge is 2.14. The van der Waals surface area contributed by atoms with Gasteiger partial charge in [0.2, 0.25) is 5.82 Å². The molecule has 15 heavy (non-hydrogen) atoms. The first kappa shape index (κ1) is 11.4. The molecule has 6 heteroatoms. The number of rotatable bonds is 4. The third-order valence-corrected chi connectivity index (χ3v) is 1.79. The fourth-order valence-corrected chi connectivity index (χ4v) is 0.989. The summed E-state index contributed by atoms with van der Waals surface area (Å²) in [5.41, 5.74) is 4.74. The summed E-state index contributed by atoms with van der Waals surface area (Å²) in [5.74, 6) is -0.683. The predicted octanol–water partition coefficient (Wildman–Crippen LogP) is 1.46. The van der Waals surface area contributed by atoms with Crippen molar-refractivity contribution in [2.45, 2.75) is 13.0 Å². The number of halogens is 1. The SMILES string of the molecule is CC(CN)Oc1ccc([N+](=O)[O-])c(F)c1. The zero-order chi connectivity index (χ0) is 11.4. The molecule has 0 spiro atoms. The van der Waals surface area contributed by atoms with Gasteiger partial charge in [-0.15, -0.1) is 0 Å². The number of nitro groups is 1. The Morgan fingerprint density at radius 1 is 1.67 bits per heavy atom. The molecule has 2 N–H and O–H groups in total. The van der Waals surface area contributed by atoms with E-state index in [4.69, 9.17) is 10.5 Å². The largest absolute Gasteiger partial charge is 0.489 e. The molecule has 1 unspecified atom stereocenters. The van der Waals surface area contributed by atoms with Crippen LogP contribution in [0, 0.1) is 15.9 Å². The lowest BCUT2D eigenvalue weighted by Gasteiger charge is -2.11. The van der Waals surface area contributed by atoms with E-state index in [-0.39, 0.29) is 11.9 Å². The van der Waals surface area contributed by atoms with Crippen molar-refractivity contribution in [3.05, 3.63) is 34.1 Å². The average Bonchev–Trinajstić information content (AvgIpc) is 2.17. The van der Waals surface area contributed by atoms with Crippen LogP contribution in [0.25, 0.3) is 0 Å². The van der Waals surface area contributed by atoms with Gasteiger partial charge in [-0.3, -0.25) is 10.1 Å². The molecule has 82 valence electrons. The van der Waals surface area contributed by atoms with Crippen LogP contribution >= 0.6 is 0 Å². The molecule has 0 bridgehead atoms. The molecule has 0 heterocycles. The minimum Gasteiger partial charge on any atom is -0.489 e. The monoisotopic (exact) mass is 214 g/mol. The fourth-order valence-electron chi connectivity index (χ4n) is 0.989. The van der Waals surface area contributed by atoms with Gasteiger partial charge in [0.1, 0.15) is 11.9 Å². The van der Waals surface area contributed by atoms with Crippen molar-refractivity contribution in [2.75, 3.05) is 6.54 Å². The maximum atomic E-state index is 13.1. The average molecular weight is 214 g/mol. The van der Waals surface area contributed by atoms with Crippen LogP contribution in [-0.2, 0) is 0 Å². The number of hydrogen-bond donors (Lipinski definition) is 1. The van der Waals surface area contributed by atoms with Crippen LogP contribution in [0.2, 0.25) is 0 Å². The molecule has 0 aliphatic rings. The second-order valence-electron chi connectivity index (χ2n) is 3.03. The minimum absolute atomic E-state index is 0.232. The molecule has 1 atom stereocenters. The van der Waals surface area contributed by atoms with Gasteiger partial charge in [-0.1, -0.05) is 0 Å². The summed E-state index contributed by atoms with van der Waals surface area (Å²) < 4.78 is 18.3. The van der Waals surface area contributed by atoms with Crippen molar-refractivity contribution >= 4 is 5.69 Å². The Kier molecular flexibility index (Phi) is 3.56. The van der Waals surface area contributed by atoms with Crippen molar-refractivity contribution in [3.63, 3.8) is 0 Å². The second-order valence-corrected chi connectivity index (χ2v) is 3.03. The standard InChI is InChI=1S/C9H11FN2O3/c1-6(5-11)15-7-2-3-9(12(13)14)8(10)4-7/h2-4,6H,5,11H2,1H3. The summed E-state index contributed by atoms with van der Waals surface area (Å²) in [7, 11) is 0. The van der Waals surface area contributed by atoms with Crippen LogP contribution in [0.3, 0.4) is 0 Å². The van der Waals surface area contributed by atoms with E-state index in [1.54, 1.807) is 6.92 Å². The Bertz CT molecular complexity index is 370. The molecular weight excluding hydrogens is 203 g/mol. The number of ether oxygens (including phenoxy) is 1. The van der Waals surface area contributed by atoms with Gasteiger partial charge in [0, 0.05) is 18.7 Å². The summed E-state index contributed by atoms with van der Waals surface area (Å²) in [6.45, 7) is 2.01. The molecule has 1 rings (SSSR count). The second kappa shape index (κ2) is 4.70. The van der Waals surface area contributed by atoms with Crippen LogP contribution in [0.4, 0.5) is 10.1 Å². The molecule has 5 nitrogen and oxygen atoms in total. The quantitative estimate of drug-likeness (QED) is 0.607. The molecule has 0 fully saturated rings. The molecular formula is C9H11FN2O3. The Morgan fingerprint density at radius 2 is 2.33 bits per heavy atom. The predicted molar refractivity (Wildman–Crippen MR) is 52.2 cm³/mol.